The number of alkyl halides is 5. The predicted octanol–water partition coefficient (Wildman–Crippen LogP) is 19.8. The SMILES string of the molecule is COc1cccc2nc(-c3c(F)ccc(OCCF)c3Cl)c(Nc3ccc4c(c3)OCCO4)n12.FCCOc1cccc2nc(-c3c(F)cncc3F)c(Nc3ccc4c(c3)OCCO4)n12.FCCOc1cncc(F)c1-c1nc2cccc(OCCF)n2c1Nc1ccc2c(c1)OCCO2.Oc1cc(F)c(-c2nc3cccc(OCCF)n3c2Nc2ccc3c(c2)OCCO3)c(F)c1. The van der Waals surface area contributed by atoms with Crippen molar-refractivity contribution in [2.75, 3.05) is 148 Å². The van der Waals surface area contributed by atoms with Gasteiger partial charge < -0.3 is 92.7 Å². The lowest BCUT2D eigenvalue weighted by atomic mass is 10.1. The molecule has 4 aliphatic rings. The van der Waals surface area contributed by atoms with Crippen molar-refractivity contribution in [2.24, 2.45) is 0 Å². The Bertz CT molecular complexity index is 6940. The molecule has 0 radical (unpaired) electrons. The number of aromatic nitrogens is 10. The van der Waals surface area contributed by atoms with E-state index in [1.807, 2.05) is 6.07 Å². The molecule has 134 heavy (non-hydrogen) atoms. The van der Waals surface area contributed by atoms with Crippen molar-refractivity contribution in [1.82, 2.24) is 47.5 Å². The number of aromatic hydroxyl groups is 1. The summed E-state index contributed by atoms with van der Waals surface area (Å²) < 4.78 is 237. The number of pyridine rings is 6. The zero-order valence-corrected chi connectivity index (χ0v) is 71.1. The Balaban J connectivity index is 0.000000124. The minimum Gasteiger partial charge on any atom is -0.508 e. The maximum absolute atomic E-state index is 15.1. The van der Waals surface area contributed by atoms with E-state index in [2.05, 4.69) is 51.2 Å². The second-order valence-electron chi connectivity index (χ2n) is 28.8. The summed E-state index contributed by atoms with van der Waals surface area (Å²) >= 11 is 6.52. The lowest BCUT2D eigenvalue weighted by Gasteiger charge is -2.19. The molecule has 5 N–H and O–H groups in total. The molecule has 0 fully saturated rings. The molecule has 6 aromatic carbocycles. The van der Waals surface area contributed by atoms with Gasteiger partial charge in [0.15, 0.2) is 63.4 Å². The molecular formula is C93H76ClF11N14O15. The third-order valence-corrected chi connectivity index (χ3v) is 20.6. The molecule has 41 heteroatoms. The third kappa shape index (κ3) is 19.2. The van der Waals surface area contributed by atoms with E-state index in [0.717, 1.165) is 30.7 Å². The molecule has 20 rings (SSSR count). The molecule has 692 valence electrons. The second-order valence-corrected chi connectivity index (χ2v) is 29.2. The zero-order valence-electron chi connectivity index (χ0n) is 70.4. The van der Waals surface area contributed by atoms with Crippen LogP contribution in [-0.2, 0) is 0 Å². The summed E-state index contributed by atoms with van der Waals surface area (Å²) in [7, 11) is 1.53. The van der Waals surface area contributed by atoms with E-state index in [9.17, 15) is 44.6 Å². The average molecular weight is 1870 g/mol. The Morgan fingerprint density at radius 1 is 0.321 bits per heavy atom. The lowest BCUT2D eigenvalue weighted by molar-refractivity contribution is 0.171. The zero-order chi connectivity index (χ0) is 92.9. The number of nitrogens with zero attached hydrogens (tertiary/aromatic N) is 10. The van der Waals surface area contributed by atoms with Gasteiger partial charge in [-0.05, 0) is 109 Å². The number of anilines is 8. The lowest BCUT2D eigenvalue weighted by Crippen LogP contribution is -2.15. The van der Waals surface area contributed by atoms with Gasteiger partial charge in [-0.1, -0.05) is 35.9 Å². The Labute approximate surface area is 757 Å². The van der Waals surface area contributed by atoms with Crippen LogP contribution < -0.4 is 87.6 Å². The van der Waals surface area contributed by atoms with Gasteiger partial charge in [-0.3, -0.25) is 9.97 Å². The first kappa shape index (κ1) is 90.1. The van der Waals surface area contributed by atoms with Crippen LogP contribution in [0.4, 0.5) is 94.3 Å². The van der Waals surface area contributed by atoms with Crippen molar-refractivity contribution in [3.63, 3.8) is 0 Å². The normalized spacial score (nSPS) is 12.6. The van der Waals surface area contributed by atoms with E-state index >= 15 is 8.78 Å². The number of phenols is 1. The summed E-state index contributed by atoms with van der Waals surface area (Å²) in [5, 5.41) is 22.4. The van der Waals surface area contributed by atoms with Gasteiger partial charge in [0.05, 0.1) is 59.2 Å². The van der Waals surface area contributed by atoms with Crippen LogP contribution in [0.2, 0.25) is 5.02 Å². The number of benzene rings is 6. The monoisotopic (exact) mass is 1870 g/mol. The van der Waals surface area contributed by atoms with E-state index in [4.69, 9.17) is 77.9 Å². The highest BCUT2D eigenvalue weighted by Gasteiger charge is 2.32. The van der Waals surface area contributed by atoms with Gasteiger partial charge in [-0.15, -0.1) is 0 Å². The maximum Gasteiger partial charge on any atom is 0.201 e. The van der Waals surface area contributed by atoms with E-state index in [0.29, 0.717) is 168 Å². The first-order chi connectivity index (χ1) is 65.5. The summed E-state index contributed by atoms with van der Waals surface area (Å²) in [6, 6.07) is 45.2. The van der Waals surface area contributed by atoms with Gasteiger partial charge in [-0.2, -0.15) is 0 Å². The van der Waals surface area contributed by atoms with Crippen LogP contribution in [-0.4, -0.2) is 179 Å². The molecule has 0 saturated carbocycles. The molecule has 29 nitrogen and oxygen atoms in total. The number of imidazole rings is 4. The van der Waals surface area contributed by atoms with Crippen LogP contribution >= 0.6 is 11.6 Å². The summed E-state index contributed by atoms with van der Waals surface area (Å²) in [5.74, 6) is 1.58. The smallest absolute Gasteiger partial charge is 0.201 e. The quantitative estimate of drug-likeness (QED) is 0.0285. The number of methoxy groups -OCH3 is 1. The summed E-state index contributed by atoms with van der Waals surface area (Å²) in [6.45, 7) is -1.15. The minimum absolute atomic E-state index is 0.00589. The highest BCUT2D eigenvalue weighted by Crippen LogP contribution is 2.48. The van der Waals surface area contributed by atoms with E-state index < -0.39 is 79.6 Å². The summed E-state index contributed by atoms with van der Waals surface area (Å²) in [4.78, 5) is 25.4. The Morgan fingerprint density at radius 2 is 0.619 bits per heavy atom. The molecule has 0 aliphatic carbocycles. The number of phenolic OH excluding ortho intramolecular Hbond substituents is 1. The number of halogens is 12. The fraction of sp³-hybridized carbons (Fsp3) is 0.204. The molecule has 0 bridgehead atoms. The molecule has 16 aromatic rings. The van der Waals surface area contributed by atoms with Crippen molar-refractivity contribution < 1.29 is 120 Å². The van der Waals surface area contributed by atoms with Gasteiger partial charge in [0.2, 0.25) is 23.5 Å². The van der Waals surface area contributed by atoms with Crippen molar-refractivity contribution in [3.05, 3.63) is 235 Å². The van der Waals surface area contributed by atoms with Gasteiger partial charge in [0.1, 0.15) is 223 Å². The van der Waals surface area contributed by atoms with Crippen molar-refractivity contribution in [1.29, 1.82) is 0 Å². The molecule has 0 amide bonds. The standard InChI is InChI=1S/C24H20ClF2N3O4.C24H21F3N4O4.C23H18F3N3O4.C22H17F3N4O3/c1-31-20-4-2-3-19-29-23(21-15(27)6-8-17(22(21)25)32-10-9-26)24(30(19)20)28-14-5-7-16-18(13-14)34-12-11-33-16;25-6-8-32-19-14-28-13-16(27)22(19)23-24(29-15-4-5-17-18(12-15)34-11-10-33-17)31-20(30-23)2-1-3-21(31)35-9-7-26;24-6-7-33-20-3-1-2-19-28-22(21-15(25)11-14(30)12-16(21)26)23(29(19)20)27-13-4-5-17-18(10-13)32-9-8-31-17;23-6-7-32-19-3-1-2-18-28-21(20-14(24)11-26-12-15(20)25)22(29(18)19)27-13-4-5-16-17(10-13)31-9-8-30-16/h2-8,13,28H,9-12H2,1H3;1-5,12-14,29H,6-11H2;1-5,10-12,27,30H,6-9H2;1-5,10-12,27H,6-9H2. The first-order valence-corrected chi connectivity index (χ1v) is 41.7. The summed E-state index contributed by atoms with van der Waals surface area (Å²) in [5.41, 5.74) is 3.49. The molecule has 0 saturated heterocycles. The molecule has 14 heterocycles. The number of nitrogens with one attached hydrogen (secondary N) is 4. The average Bonchev–Trinajstić information content (AvgIpc) is 1.62. The van der Waals surface area contributed by atoms with Crippen LogP contribution in [0.3, 0.4) is 0 Å². The highest BCUT2D eigenvalue weighted by atomic mass is 35.5. The molecule has 0 atom stereocenters. The second kappa shape index (κ2) is 41.0. The first-order valence-electron chi connectivity index (χ1n) is 41.3. The van der Waals surface area contributed by atoms with Gasteiger partial charge in [0.25, 0.3) is 0 Å². The number of hydrogen-bond donors (Lipinski definition) is 5. The highest BCUT2D eigenvalue weighted by molar-refractivity contribution is 6.35. The van der Waals surface area contributed by atoms with Crippen LogP contribution in [0.25, 0.3) is 67.6 Å². The largest absolute Gasteiger partial charge is 0.508 e. The van der Waals surface area contributed by atoms with E-state index in [1.165, 1.54) is 34.2 Å². The predicted molar refractivity (Wildman–Crippen MR) is 471 cm³/mol. The van der Waals surface area contributed by atoms with Gasteiger partial charge >= 0.3 is 0 Å². The molecule has 0 spiro atoms. The van der Waals surface area contributed by atoms with Gasteiger partial charge in [0, 0.05) is 59.1 Å². The van der Waals surface area contributed by atoms with Crippen molar-refractivity contribution in [3.8, 4) is 132 Å². The summed E-state index contributed by atoms with van der Waals surface area (Å²) in [6.07, 6.45) is 4.15. The molecule has 10 aromatic heterocycles. The Kier molecular flexibility index (Phi) is 27.6. The topological polar surface area (TPSA) is 293 Å². The maximum atomic E-state index is 15.1. The minimum atomic E-state index is -0.993. The van der Waals surface area contributed by atoms with Crippen LogP contribution in [0.1, 0.15) is 0 Å². The number of hydrogen-bond acceptors (Lipinski definition) is 25. The Hall–Kier alpha value is -15.9. The third-order valence-electron chi connectivity index (χ3n) is 20.3. The van der Waals surface area contributed by atoms with E-state index in [-0.39, 0.29) is 112 Å². The number of rotatable bonds is 28. The Morgan fingerprint density at radius 3 is 0.978 bits per heavy atom. The van der Waals surface area contributed by atoms with E-state index in [1.54, 1.807) is 148 Å². The van der Waals surface area contributed by atoms with Crippen molar-refractivity contribution in [2.45, 2.75) is 0 Å². The van der Waals surface area contributed by atoms with Crippen LogP contribution in [0, 0.1) is 34.9 Å². The number of fused-ring (bicyclic) bond motifs is 8. The number of ether oxygens (including phenoxy) is 14. The van der Waals surface area contributed by atoms with Gasteiger partial charge in [-0.25, -0.2) is 85.8 Å². The van der Waals surface area contributed by atoms with Crippen LogP contribution in [0.5, 0.6) is 86.8 Å². The fourth-order valence-electron chi connectivity index (χ4n) is 14.7. The molecule has 0 unspecified atom stereocenters. The van der Waals surface area contributed by atoms with Crippen LogP contribution in [0.15, 0.2) is 195 Å². The fourth-order valence-corrected chi connectivity index (χ4v) is 15.0. The molecule has 4 aliphatic heterocycles. The van der Waals surface area contributed by atoms with Crippen molar-refractivity contribution >= 4 is 80.2 Å². The molecular weight excluding hydrogens is 1800 g/mol.